The standard InChI is InChI=1S/C16H14N2O/c1-10-7-8-14-13(9-10)16(19)18-15(17-14)12-6-4-3-5-11(12)2/h3-9H,1-2H3,(H,17,18,19). The van der Waals surface area contributed by atoms with Gasteiger partial charge in [-0.05, 0) is 31.5 Å². The quantitative estimate of drug-likeness (QED) is 0.720. The molecule has 0 unspecified atom stereocenters. The molecule has 94 valence electrons. The van der Waals surface area contributed by atoms with E-state index in [2.05, 4.69) is 9.97 Å². The molecule has 0 atom stereocenters. The Morgan fingerprint density at radius 1 is 1.05 bits per heavy atom. The van der Waals surface area contributed by atoms with E-state index in [1.54, 1.807) is 0 Å². The summed E-state index contributed by atoms with van der Waals surface area (Å²) in [7, 11) is 0. The van der Waals surface area contributed by atoms with Crippen LogP contribution in [0.15, 0.2) is 47.3 Å². The lowest BCUT2D eigenvalue weighted by molar-refractivity contribution is 1.17. The second-order valence-corrected chi connectivity index (χ2v) is 4.75. The van der Waals surface area contributed by atoms with Crippen molar-refractivity contribution in [1.82, 2.24) is 9.97 Å². The lowest BCUT2D eigenvalue weighted by Gasteiger charge is -2.06. The van der Waals surface area contributed by atoms with E-state index >= 15 is 0 Å². The van der Waals surface area contributed by atoms with E-state index in [0.29, 0.717) is 11.2 Å². The van der Waals surface area contributed by atoms with Crippen molar-refractivity contribution in [3.8, 4) is 11.4 Å². The summed E-state index contributed by atoms with van der Waals surface area (Å²) in [6.07, 6.45) is 0. The van der Waals surface area contributed by atoms with Gasteiger partial charge in [0.2, 0.25) is 0 Å². The average Bonchev–Trinajstić information content (AvgIpc) is 2.40. The van der Waals surface area contributed by atoms with Gasteiger partial charge in [-0.25, -0.2) is 4.98 Å². The number of aromatic nitrogens is 2. The minimum absolute atomic E-state index is 0.0908. The molecule has 0 fully saturated rings. The van der Waals surface area contributed by atoms with Crippen molar-refractivity contribution in [2.45, 2.75) is 13.8 Å². The number of nitrogens with one attached hydrogen (secondary N) is 1. The second-order valence-electron chi connectivity index (χ2n) is 4.75. The predicted molar refractivity (Wildman–Crippen MR) is 77.3 cm³/mol. The zero-order valence-electron chi connectivity index (χ0n) is 10.9. The Balaban J connectivity index is 2.31. The molecule has 3 rings (SSSR count). The monoisotopic (exact) mass is 250 g/mol. The van der Waals surface area contributed by atoms with Gasteiger partial charge >= 0.3 is 0 Å². The van der Waals surface area contributed by atoms with Crippen molar-refractivity contribution in [1.29, 1.82) is 0 Å². The van der Waals surface area contributed by atoms with Gasteiger partial charge in [-0.2, -0.15) is 0 Å². The Hall–Kier alpha value is -2.42. The van der Waals surface area contributed by atoms with Crippen molar-refractivity contribution >= 4 is 10.9 Å². The molecular formula is C16H14N2O. The number of benzene rings is 2. The van der Waals surface area contributed by atoms with E-state index in [4.69, 9.17) is 0 Å². The number of hydrogen-bond donors (Lipinski definition) is 1. The highest BCUT2D eigenvalue weighted by molar-refractivity contribution is 5.80. The maximum Gasteiger partial charge on any atom is 0.259 e. The first-order chi connectivity index (χ1) is 9.15. The molecule has 3 heteroatoms. The van der Waals surface area contributed by atoms with Crippen LogP contribution in [-0.2, 0) is 0 Å². The molecule has 0 aliphatic rings. The first-order valence-corrected chi connectivity index (χ1v) is 6.22. The number of fused-ring (bicyclic) bond motifs is 1. The summed E-state index contributed by atoms with van der Waals surface area (Å²) < 4.78 is 0. The minimum atomic E-state index is -0.0908. The predicted octanol–water partition coefficient (Wildman–Crippen LogP) is 3.21. The third-order valence-electron chi connectivity index (χ3n) is 3.26. The van der Waals surface area contributed by atoms with E-state index in [0.717, 1.165) is 22.2 Å². The van der Waals surface area contributed by atoms with Crippen molar-refractivity contribution < 1.29 is 0 Å². The molecule has 0 amide bonds. The smallest absolute Gasteiger partial charge is 0.259 e. The maximum absolute atomic E-state index is 12.1. The van der Waals surface area contributed by atoms with Crippen molar-refractivity contribution in [3.05, 3.63) is 63.9 Å². The third kappa shape index (κ3) is 2.03. The minimum Gasteiger partial charge on any atom is -0.306 e. The van der Waals surface area contributed by atoms with Crippen molar-refractivity contribution in [2.75, 3.05) is 0 Å². The normalized spacial score (nSPS) is 10.8. The van der Waals surface area contributed by atoms with Gasteiger partial charge in [0, 0.05) is 5.56 Å². The van der Waals surface area contributed by atoms with Crippen LogP contribution in [0.25, 0.3) is 22.3 Å². The number of H-pyrrole nitrogens is 1. The summed E-state index contributed by atoms with van der Waals surface area (Å²) in [6.45, 7) is 3.98. The fraction of sp³-hybridized carbons (Fsp3) is 0.125. The number of aromatic amines is 1. The Kier molecular flexibility index (Phi) is 2.67. The highest BCUT2D eigenvalue weighted by Crippen LogP contribution is 2.20. The molecule has 0 saturated heterocycles. The molecule has 0 bridgehead atoms. The van der Waals surface area contributed by atoms with Crippen LogP contribution < -0.4 is 5.56 Å². The fourth-order valence-corrected chi connectivity index (χ4v) is 2.22. The van der Waals surface area contributed by atoms with Gasteiger partial charge in [0.15, 0.2) is 0 Å². The lowest BCUT2D eigenvalue weighted by atomic mass is 10.1. The molecule has 3 nitrogen and oxygen atoms in total. The Morgan fingerprint density at radius 3 is 2.63 bits per heavy atom. The summed E-state index contributed by atoms with van der Waals surface area (Å²) in [4.78, 5) is 19.6. The van der Waals surface area contributed by atoms with Crippen LogP contribution in [0.3, 0.4) is 0 Å². The second kappa shape index (κ2) is 4.35. The van der Waals surface area contributed by atoms with Crippen molar-refractivity contribution in [3.63, 3.8) is 0 Å². The molecule has 2 aromatic carbocycles. The van der Waals surface area contributed by atoms with Gasteiger partial charge in [0.1, 0.15) is 5.82 Å². The zero-order valence-corrected chi connectivity index (χ0v) is 10.9. The average molecular weight is 250 g/mol. The topological polar surface area (TPSA) is 45.8 Å². The highest BCUT2D eigenvalue weighted by Gasteiger charge is 2.07. The molecule has 0 aliphatic heterocycles. The summed E-state index contributed by atoms with van der Waals surface area (Å²) >= 11 is 0. The summed E-state index contributed by atoms with van der Waals surface area (Å²) in [5.74, 6) is 0.624. The number of aryl methyl sites for hydroxylation is 2. The maximum atomic E-state index is 12.1. The molecule has 1 heterocycles. The van der Waals surface area contributed by atoms with E-state index in [-0.39, 0.29) is 5.56 Å². The van der Waals surface area contributed by atoms with Gasteiger partial charge in [-0.15, -0.1) is 0 Å². The fourth-order valence-electron chi connectivity index (χ4n) is 2.22. The van der Waals surface area contributed by atoms with Gasteiger partial charge in [0.05, 0.1) is 10.9 Å². The molecule has 3 aromatic rings. The number of nitrogens with zero attached hydrogens (tertiary/aromatic N) is 1. The van der Waals surface area contributed by atoms with E-state index in [9.17, 15) is 4.79 Å². The first-order valence-electron chi connectivity index (χ1n) is 6.22. The molecule has 1 aromatic heterocycles. The zero-order chi connectivity index (χ0) is 13.4. The molecule has 0 radical (unpaired) electrons. The molecule has 0 aliphatic carbocycles. The van der Waals surface area contributed by atoms with E-state index < -0.39 is 0 Å². The molecule has 0 saturated carbocycles. The first kappa shape index (κ1) is 11.7. The molecular weight excluding hydrogens is 236 g/mol. The Morgan fingerprint density at radius 2 is 1.84 bits per heavy atom. The van der Waals surface area contributed by atoms with E-state index in [1.807, 2.05) is 56.3 Å². The van der Waals surface area contributed by atoms with E-state index in [1.165, 1.54) is 0 Å². The van der Waals surface area contributed by atoms with Gasteiger partial charge in [-0.1, -0.05) is 35.9 Å². The van der Waals surface area contributed by atoms with Crippen LogP contribution in [0.4, 0.5) is 0 Å². The van der Waals surface area contributed by atoms with Crippen LogP contribution >= 0.6 is 0 Å². The third-order valence-corrected chi connectivity index (χ3v) is 3.26. The molecule has 1 N–H and O–H groups in total. The van der Waals surface area contributed by atoms with Crippen LogP contribution in [0.5, 0.6) is 0 Å². The van der Waals surface area contributed by atoms with Gasteiger partial charge in [-0.3, -0.25) is 4.79 Å². The lowest BCUT2D eigenvalue weighted by Crippen LogP contribution is -2.10. The summed E-state index contributed by atoms with van der Waals surface area (Å²) in [6, 6.07) is 13.6. The molecule has 0 spiro atoms. The molecule has 19 heavy (non-hydrogen) atoms. The summed E-state index contributed by atoms with van der Waals surface area (Å²) in [5, 5.41) is 0.636. The number of hydrogen-bond acceptors (Lipinski definition) is 2. The van der Waals surface area contributed by atoms with Crippen molar-refractivity contribution in [2.24, 2.45) is 0 Å². The summed E-state index contributed by atoms with van der Waals surface area (Å²) in [5.41, 5.74) is 3.75. The van der Waals surface area contributed by atoms with Gasteiger partial charge in [0.25, 0.3) is 5.56 Å². The van der Waals surface area contributed by atoms with Gasteiger partial charge < -0.3 is 4.98 Å². The number of rotatable bonds is 1. The van der Waals surface area contributed by atoms with Crippen LogP contribution in [-0.4, -0.2) is 9.97 Å². The SMILES string of the molecule is Cc1ccc2nc(-c3ccccc3C)[nH]c(=O)c2c1. The highest BCUT2D eigenvalue weighted by atomic mass is 16.1. The van der Waals surface area contributed by atoms with Crippen LogP contribution in [0.1, 0.15) is 11.1 Å². The Bertz CT molecular complexity index is 818. The van der Waals surface area contributed by atoms with Crippen LogP contribution in [0, 0.1) is 13.8 Å². The largest absolute Gasteiger partial charge is 0.306 e. The van der Waals surface area contributed by atoms with Crippen LogP contribution in [0.2, 0.25) is 0 Å². The Labute approximate surface area is 111 Å².